The Balaban J connectivity index is 1.15. The molecule has 2 aliphatic heterocycles. The van der Waals surface area contributed by atoms with Gasteiger partial charge in [0.15, 0.2) is 0 Å². The number of benzene rings is 2. The lowest BCUT2D eigenvalue weighted by Crippen LogP contribution is -2.46. The van der Waals surface area contributed by atoms with E-state index < -0.39 is 0 Å². The van der Waals surface area contributed by atoms with E-state index in [2.05, 4.69) is 44.3 Å². The van der Waals surface area contributed by atoms with Gasteiger partial charge in [0.25, 0.3) is 0 Å². The summed E-state index contributed by atoms with van der Waals surface area (Å²) in [5.74, 6) is 0.842. The number of piperazine rings is 1. The fourth-order valence-corrected chi connectivity index (χ4v) is 3.89. The number of nitrogens with zero attached hydrogens (tertiary/aromatic N) is 4. The quantitative estimate of drug-likeness (QED) is 0.645. The molecule has 2 aromatic carbocycles. The number of H-pyrrole nitrogens is 1. The molecule has 2 aliphatic rings. The molecular weight excluding hydrogens is 398 g/mol. The van der Waals surface area contributed by atoms with E-state index in [4.69, 9.17) is 14.2 Å². The van der Waals surface area contributed by atoms with Crippen LogP contribution in [0.2, 0.25) is 0 Å². The summed E-state index contributed by atoms with van der Waals surface area (Å²) in [6.07, 6.45) is 1.51. The van der Waals surface area contributed by atoms with Crippen molar-refractivity contribution >= 4 is 11.4 Å². The summed E-state index contributed by atoms with van der Waals surface area (Å²) >= 11 is 0. The predicted octanol–water partition coefficient (Wildman–Crippen LogP) is 1.64. The highest BCUT2D eigenvalue weighted by molar-refractivity contribution is 5.54. The van der Waals surface area contributed by atoms with Crippen molar-refractivity contribution < 1.29 is 14.2 Å². The zero-order valence-corrected chi connectivity index (χ0v) is 17.1. The molecule has 0 radical (unpaired) electrons. The van der Waals surface area contributed by atoms with Crippen molar-refractivity contribution in [2.24, 2.45) is 0 Å². The first kappa shape index (κ1) is 19.7. The van der Waals surface area contributed by atoms with E-state index in [1.54, 1.807) is 0 Å². The van der Waals surface area contributed by atoms with Crippen molar-refractivity contribution in [2.75, 3.05) is 56.0 Å². The lowest BCUT2D eigenvalue weighted by Gasteiger charge is -2.37. The standard InChI is InChI=1S/C22H25N5O4/c28-22-24-23-15-27(22)19-3-1-17(2-4-19)25-9-11-26(12-10-25)18-5-7-20(8-6-18)30-14-21-13-29-16-31-21/h1-8,15,21H,9-14,16H2,(H,24,28). The van der Waals surface area contributed by atoms with Gasteiger partial charge in [0.1, 0.15) is 31.6 Å². The molecule has 0 bridgehead atoms. The van der Waals surface area contributed by atoms with Crippen LogP contribution in [0.5, 0.6) is 5.75 Å². The Labute approximate surface area is 179 Å². The van der Waals surface area contributed by atoms with E-state index in [0.717, 1.165) is 43.3 Å². The third-order valence-electron chi connectivity index (χ3n) is 5.65. The van der Waals surface area contributed by atoms with Gasteiger partial charge >= 0.3 is 5.69 Å². The molecule has 5 rings (SSSR count). The summed E-state index contributed by atoms with van der Waals surface area (Å²) in [4.78, 5) is 16.4. The summed E-state index contributed by atoms with van der Waals surface area (Å²) in [5.41, 5.74) is 2.91. The van der Waals surface area contributed by atoms with E-state index in [9.17, 15) is 4.79 Å². The van der Waals surface area contributed by atoms with Crippen LogP contribution in [0.1, 0.15) is 0 Å². The van der Waals surface area contributed by atoms with Crippen molar-refractivity contribution in [3.63, 3.8) is 0 Å². The Morgan fingerprint density at radius 2 is 1.55 bits per heavy atom. The lowest BCUT2D eigenvalue weighted by molar-refractivity contribution is 0.0320. The number of hydrogen-bond donors (Lipinski definition) is 1. The number of ether oxygens (including phenoxy) is 3. The molecule has 3 heterocycles. The lowest BCUT2D eigenvalue weighted by atomic mass is 10.2. The van der Waals surface area contributed by atoms with Gasteiger partial charge in [-0.25, -0.2) is 14.5 Å². The molecular formula is C22H25N5O4. The van der Waals surface area contributed by atoms with Crippen molar-refractivity contribution in [3.05, 3.63) is 65.3 Å². The topological polar surface area (TPSA) is 84.9 Å². The highest BCUT2D eigenvalue weighted by Gasteiger charge is 2.19. The number of nitrogens with one attached hydrogen (secondary N) is 1. The minimum atomic E-state index is -0.237. The van der Waals surface area contributed by atoms with Gasteiger partial charge in [-0.3, -0.25) is 0 Å². The molecule has 1 unspecified atom stereocenters. The van der Waals surface area contributed by atoms with Gasteiger partial charge in [-0.15, -0.1) is 0 Å². The monoisotopic (exact) mass is 423 g/mol. The van der Waals surface area contributed by atoms with E-state index in [1.807, 2.05) is 24.3 Å². The fraction of sp³-hybridized carbons (Fsp3) is 0.364. The van der Waals surface area contributed by atoms with Crippen LogP contribution in [0.3, 0.4) is 0 Å². The Hall–Kier alpha value is -3.30. The molecule has 0 saturated carbocycles. The average Bonchev–Trinajstić information content (AvgIpc) is 3.50. The zero-order chi connectivity index (χ0) is 21.0. The Morgan fingerprint density at radius 3 is 2.10 bits per heavy atom. The van der Waals surface area contributed by atoms with Gasteiger partial charge in [-0.2, -0.15) is 5.10 Å². The minimum absolute atomic E-state index is 0.0162. The van der Waals surface area contributed by atoms with Crippen LogP contribution >= 0.6 is 0 Å². The van der Waals surface area contributed by atoms with E-state index in [-0.39, 0.29) is 11.8 Å². The zero-order valence-electron chi connectivity index (χ0n) is 17.1. The Kier molecular flexibility index (Phi) is 5.59. The van der Waals surface area contributed by atoms with Crippen molar-refractivity contribution in [1.29, 1.82) is 0 Å². The highest BCUT2D eigenvalue weighted by atomic mass is 16.7. The molecule has 1 N–H and O–H groups in total. The normalized spacial score (nSPS) is 19.0. The number of anilines is 2. The number of aromatic nitrogens is 3. The molecule has 2 saturated heterocycles. The molecule has 31 heavy (non-hydrogen) atoms. The maximum absolute atomic E-state index is 11.7. The van der Waals surface area contributed by atoms with Crippen LogP contribution in [-0.2, 0) is 9.47 Å². The SMILES string of the molecule is O=c1[nH]ncn1-c1ccc(N2CCN(c3ccc(OCC4COCO4)cc3)CC2)cc1. The van der Waals surface area contributed by atoms with Gasteiger partial charge in [-0.05, 0) is 48.5 Å². The first-order chi connectivity index (χ1) is 15.3. The molecule has 162 valence electrons. The number of rotatable bonds is 6. The van der Waals surface area contributed by atoms with Gasteiger partial charge in [0, 0.05) is 37.6 Å². The summed E-state index contributed by atoms with van der Waals surface area (Å²) < 4.78 is 17.9. The molecule has 1 aromatic heterocycles. The van der Waals surface area contributed by atoms with Crippen molar-refractivity contribution in [1.82, 2.24) is 14.8 Å². The van der Waals surface area contributed by atoms with Crippen LogP contribution in [0.25, 0.3) is 5.69 Å². The molecule has 0 spiro atoms. The summed E-state index contributed by atoms with van der Waals surface area (Å²) in [7, 11) is 0. The predicted molar refractivity (Wildman–Crippen MR) is 116 cm³/mol. The number of aromatic amines is 1. The smallest absolute Gasteiger partial charge is 0.347 e. The third-order valence-corrected chi connectivity index (χ3v) is 5.65. The van der Waals surface area contributed by atoms with E-state index in [1.165, 1.54) is 16.6 Å². The molecule has 9 nitrogen and oxygen atoms in total. The highest BCUT2D eigenvalue weighted by Crippen LogP contribution is 2.24. The van der Waals surface area contributed by atoms with Gasteiger partial charge < -0.3 is 24.0 Å². The second-order valence-electron chi connectivity index (χ2n) is 7.60. The Bertz CT molecular complexity index is 1030. The van der Waals surface area contributed by atoms with Crippen LogP contribution in [0, 0.1) is 0 Å². The van der Waals surface area contributed by atoms with Gasteiger partial charge in [0.05, 0.1) is 12.3 Å². The van der Waals surface area contributed by atoms with Crippen molar-refractivity contribution in [3.8, 4) is 11.4 Å². The van der Waals surface area contributed by atoms with Crippen LogP contribution < -0.4 is 20.2 Å². The largest absolute Gasteiger partial charge is 0.491 e. The van der Waals surface area contributed by atoms with Crippen LogP contribution in [0.15, 0.2) is 59.7 Å². The van der Waals surface area contributed by atoms with Crippen molar-refractivity contribution in [2.45, 2.75) is 6.10 Å². The molecule has 0 amide bonds. The van der Waals surface area contributed by atoms with Gasteiger partial charge in [0.2, 0.25) is 0 Å². The fourth-order valence-electron chi connectivity index (χ4n) is 3.89. The number of hydrogen-bond acceptors (Lipinski definition) is 7. The molecule has 3 aromatic rings. The summed E-state index contributed by atoms with van der Waals surface area (Å²) in [6, 6.07) is 16.2. The second kappa shape index (κ2) is 8.83. The maximum Gasteiger partial charge on any atom is 0.347 e. The summed E-state index contributed by atoms with van der Waals surface area (Å²) in [5, 5.41) is 6.18. The first-order valence-corrected chi connectivity index (χ1v) is 10.4. The van der Waals surface area contributed by atoms with Gasteiger partial charge in [-0.1, -0.05) is 0 Å². The van der Waals surface area contributed by atoms with Crippen LogP contribution in [0.4, 0.5) is 11.4 Å². The maximum atomic E-state index is 11.7. The second-order valence-corrected chi connectivity index (χ2v) is 7.60. The average molecular weight is 423 g/mol. The molecule has 1 atom stereocenters. The first-order valence-electron chi connectivity index (χ1n) is 10.4. The third kappa shape index (κ3) is 4.42. The van der Waals surface area contributed by atoms with Crippen LogP contribution in [-0.4, -0.2) is 67.1 Å². The Morgan fingerprint density at radius 1 is 0.935 bits per heavy atom. The van der Waals surface area contributed by atoms with E-state index in [0.29, 0.717) is 20.0 Å². The summed E-state index contributed by atoms with van der Waals surface area (Å²) in [6.45, 7) is 5.20. The molecule has 9 heteroatoms. The van der Waals surface area contributed by atoms with E-state index >= 15 is 0 Å². The molecule has 0 aliphatic carbocycles. The minimum Gasteiger partial charge on any atom is -0.491 e. The molecule has 2 fully saturated rings.